The number of fused-ring (bicyclic) bond motifs is 2. The molecule has 3 aromatic heterocycles. The highest BCUT2D eigenvalue weighted by Gasteiger charge is 2.26. The van der Waals surface area contributed by atoms with Crippen LogP contribution in [0.4, 0.5) is 5.00 Å². The van der Waals surface area contributed by atoms with Gasteiger partial charge in [0.2, 0.25) is 5.91 Å². The quantitative estimate of drug-likeness (QED) is 0.414. The number of anilines is 1. The first-order chi connectivity index (χ1) is 16.7. The van der Waals surface area contributed by atoms with Crippen molar-refractivity contribution < 1.29 is 14.1 Å². The van der Waals surface area contributed by atoms with E-state index in [0.29, 0.717) is 30.1 Å². The standard InChI is InChI=1S/C24H22N6O3S/c1-32-15-6-7-20-16(12-15)19(28-33-20)13-21(31)29-8-10-30(11-9-29)24-22(25-14-34-24)23-26-17-4-2-3-5-18(17)27-23/h2-7,12,14H,8-11,13H2,1H3,(H,26,27). The molecule has 6 rings (SSSR count). The summed E-state index contributed by atoms with van der Waals surface area (Å²) in [6.45, 7) is 2.73. The first-order valence-electron chi connectivity index (χ1n) is 11.0. The molecule has 9 nitrogen and oxygen atoms in total. The Labute approximate surface area is 199 Å². The van der Waals surface area contributed by atoms with Gasteiger partial charge in [-0.05, 0) is 30.3 Å². The molecule has 0 spiro atoms. The lowest BCUT2D eigenvalue weighted by atomic mass is 10.1. The van der Waals surface area contributed by atoms with Crippen LogP contribution in [0.15, 0.2) is 52.5 Å². The molecule has 0 unspecified atom stereocenters. The SMILES string of the molecule is COc1ccc2onc(CC(=O)N3CCN(c4scnc4-c4nc5ccccc5[nH]4)CC3)c2c1. The maximum Gasteiger partial charge on any atom is 0.228 e. The summed E-state index contributed by atoms with van der Waals surface area (Å²) in [6, 6.07) is 13.4. The Kier molecular flexibility index (Phi) is 5.14. The molecule has 2 aromatic carbocycles. The number of aromatic nitrogens is 4. The molecular weight excluding hydrogens is 452 g/mol. The van der Waals surface area contributed by atoms with Crippen molar-refractivity contribution in [3.63, 3.8) is 0 Å². The number of hydrogen-bond donors (Lipinski definition) is 1. The van der Waals surface area contributed by atoms with Crippen LogP contribution in [0.1, 0.15) is 5.69 Å². The number of methoxy groups -OCH3 is 1. The zero-order chi connectivity index (χ0) is 23.1. The average molecular weight is 475 g/mol. The number of rotatable bonds is 5. The van der Waals surface area contributed by atoms with E-state index in [1.807, 2.05) is 52.9 Å². The molecule has 172 valence electrons. The first-order valence-corrected chi connectivity index (χ1v) is 11.9. The van der Waals surface area contributed by atoms with Crippen LogP contribution in [-0.4, -0.2) is 64.2 Å². The number of nitrogens with zero attached hydrogens (tertiary/aromatic N) is 5. The highest BCUT2D eigenvalue weighted by Crippen LogP contribution is 2.34. The zero-order valence-electron chi connectivity index (χ0n) is 18.5. The number of nitrogens with one attached hydrogen (secondary N) is 1. The molecular formula is C24H22N6O3S. The minimum absolute atomic E-state index is 0.0412. The first kappa shape index (κ1) is 20.7. The van der Waals surface area contributed by atoms with Crippen LogP contribution in [-0.2, 0) is 11.2 Å². The van der Waals surface area contributed by atoms with Gasteiger partial charge in [0.25, 0.3) is 0 Å². The van der Waals surface area contributed by atoms with Gasteiger partial charge in [-0.3, -0.25) is 4.79 Å². The number of thiazole rings is 1. The van der Waals surface area contributed by atoms with Gasteiger partial charge in [-0.25, -0.2) is 9.97 Å². The van der Waals surface area contributed by atoms with Crippen molar-refractivity contribution in [2.75, 3.05) is 38.2 Å². The number of H-pyrrole nitrogens is 1. The third kappa shape index (κ3) is 3.65. The van der Waals surface area contributed by atoms with E-state index in [9.17, 15) is 4.79 Å². The summed E-state index contributed by atoms with van der Waals surface area (Å²) in [7, 11) is 1.61. The van der Waals surface area contributed by atoms with E-state index in [1.165, 1.54) is 0 Å². The van der Waals surface area contributed by atoms with E-state index in [0.717, 1.165) is 46.0 Å². The zero-order valence-corrected chi connectivity index (χ0v) is 19.3. The topological polar surface area (TPSA) is 100 Å². The third-order valence-corrected chi connectivity index (χ3v) is 7.04. The second-order valence-corrected chi connectivity index (χ2v) is 8.98. The Balaban J connectivity index is 1.15. The van der Waals surface area contributed by atoms with Crippen LogP contribution < -0.4 is 9.64 Å². The number of ether oxygens (including phenoxy) is 1. The Hall–Kier alpha value is -3.92. The number of amides is 1. The van der Waals surface area contributed by atoms with E-state index in [-0.39, 0.29) is 12.3 Å². The number of piperazine rings is 1. The van der Waals surface area contributed by atoms with Gasteiger partial charge in [-0.1, -0.05) is 17.3 Å². The van der Waals surface area contributed by atoms with Gasteiger partial charge in [0.1, 0.15) is 22.1 Å². The van der Waals surface area contributed by atoms with Gasteiger partial charge in [0.15, 0.2) is 11.4 Å². The van der Waals surface area contributed by atoms with E-state index in [2.05, 4.69) is 20.0 Å². The summed E-state index contributed by atoms with van der Waals surface area (Å²) in [5.74, 6) is 1.52. The maximum atomic E-state index is 13.0. The Morgan fingerprint density at radius 2 is 2.03 bits per heavy atom. The summed E-state index contributed by atoms with van der Waals surface area (Å²) in [6.07, 6.45) is 0.199. The molecule has 1 fully saturated rings. The van der Waals surface area contributed by atoms with Crippen molar-refractivity contribution in [3.05, 3.63) is 53.7 Å². The molecule has 4 heterocycles. The predicted molar refractivity (Wildman–Crippen MR) is 130 cm³/mol. The van der Waals surface area contributed by atoms with Crippen molar-refractivity contribution in [3.8, 4) is 17.3 Å². The van der Waals surface area contributed by atoms with Crippen molar-refractivity contribution in [1.29, 1.82) is 0 Å². The fourth-order valence-corrected chi connectivity index (χ4v) is 5.18. The van der Waals surface area contributed by atoms with Crippen molar-refractivity contribution in [1.82, 2.24) is 25.0 Å². The summed E-state index contributed by atoms with van der Waals surface area (Å²) >= 11 is 1.60. The fourth-order valence-electron chi connectivity index (χ4n) is 4.33. The number of carbonyl (C=O) groups is 1. The fraction of sp³-hybridized carbons (Fsp3) is 0.250. The molecule has 0 radical (unpaired) electrons. The smallest absolute Gasteiger partial charge is 0.228 e. The largest absolute Gasteiger partial charge is 0.497 e. The van der Waals surface area contributed by atoms with Crippen LogP contribution in [0.25, 0.3) is 33.5 Å². The summed E-state index contributed by atoms with van der Waals surface area (Å²) in [5, 5.41) is 6.00. The number of carbonyl (C=O) groups excluding carboxylic acids is 1. The van der Waals surface area contributed by atoms with Gasteiger partial charge >= 0.3 is 0 Å². The van der Waals surface area contributed by atoms with Gasteiger partial charge in [0.05, 0.1) is 30.1 Å². The molecule has 1 amide bonds. The molecule has 1 aliphatic rings. The molecule has 1 N–H and O–H groups in total. The Morgan fingerprint density at radius 3 is 2.85 bits per heavy atom. The van der Waals surface area contributed by atoms with Gasteiger partial charge in [-0.2, -0.15) is 0 Å². The van der Waals surface area contributed by atoms with E-state index >= 15 is 0 Å². The van der Waals surface area contributed by atoms with E-state index < -0.39 is 0 Å². The van der Waals surface area contributed by atoms with E-state index in [4.69, 9.17) is 14.2 Å². The summed E-state index contributed by atoms with van der Waals surface area (Å²) in [4.78, 5) is 29.8. The van der Waals surface area contributed by atoms with Crippen molar-refractivity contribution in [2.24, 2.45) is 0 Å². The lowest BCUT2D eigenvalue weighted by molar-refractivity contribution is -0.130. The minimum atomic E-state index is 0.0412. The van der Waals surface area contributed by atoms with Gasteiger partial charge in [0, 0.05) is 31.6 Å². The van der Waals surface area contributed by atoms with Crippen LogP contribution in [0.2, 0.25) is 0 Å². The molecule has 1 saturated heterocycles. The van der Waals surface area contributed by atoms with E-state index in [1.54, 1.807) is 18.4 Å². The summed E-state index contributed by atoms with van der Waals surface area (Å²) < 4.78 is 10.7. The number of benzene rings is 2. The van der Waals surface area contributed by atoms with Crippen LogP contribution in [0.5, 0.6) is 5.75 Å². The minimum Gasteiger partial charge on any atom is -0.497 e. The van der Waals surface area contributed by atoms with Crippen molar-refractivity contribution >= 4 is 44.2 Å². The number of para-hydroxylation sites is 2. The number of aromatic amines is 1. The third-order valence-electron chi connectivity index (χ3n) is 6.15. The van der Waals surface area contributed by atoms with Gasteiger partial charge in [-0.15, -0.1) is 11.3 Å². The molecule has 1 aliphatic heterocycles. The van der Waals surface area contributed by atoms with Gasteiger partial charge < -0.3 is 24.0 Å². The lowest BCUT2D eigenvalue weighted by Crippen LogP contribution is -2.49. The maximum absolute atomic E-state index is 13.0. The van der Waals surface area contributed by atoms with Crippen LogP contribution in [0, 0.1) is 0 Å². The highest BCUT2D eigenvalue weighted by molar-refractivity contribution is 7.14. The molecule has 5 aromatic rings. The second kappa shape index (κ2) is 8.45. The van der Waals surface area contributed by atoms with Crippen LogP contribution >= 0.6 is 11.3 Å². The molecule has 0 aliphatic carbocycles. The molecule has 0 bridgehead atoms. The number of hydrogen-bond acceptors (Lipinski definition) is 8. The van der Waals surface area contributed by atoms with Crippen molar-refractivity contribution in [2.45, 2.75) is 6.42 Å². The monoisotopic (exact) mass is 474 g/mol. The molecule has 0 atom stereocenters. The molecule has 0 saturated carbocycles. The predicted octanol–water partition coefficient (Wildman–Crippen LogP) is 3.73. The Bertz CT molecular complexity index is 1450. The number of imidazole rings is 1. The van der Waals surface area contributed by atoms with Crippen LogP contribution in [0.3, 0.4) is 0 Å². The second-order valence-electron chi connectivity index (χ2n) is 8.14. The molecule has 10 heteroatoms. The lowest BCUT2D eigenvalue weighted by Gasteiger charge is -2.35. The Morgan fingerprint density at radius 1 is 1.18 bits per heavy atom. The highest BCUT2D eigenvalue weighted by atomic mass is 32.1. The normalized spacial score (nSPS) is 14.3. The molecule has 34 heavy (non-hydrogen) atoms. The summed E-state index contributed by atoms with van der Waals surface area (Å²) in [5.41, 5.74) is 5.89. The average Bonchev–Trinajstić information content (AvgIpc) is 3.62.